The van der Waals surface area contributed by atoms with Crippen molar-refractivity contribution in [3.63, 3.8) is 0 Å². The predicted octanol–water partition coefficient (Wildman–Crippen LogP) is 1.05. The number of alkyl halides is 3. The van der Waals surface area contributed by atoms with Crippen LogP contribution >= 0.6 is 0 Å². The molecule has 5 N–H and O–H groups in total. The van der Waals surface area contributed by atoms with Crippen LogP contribution in [-0.4, -0.2) is 41.0 Å². The Morgan fingerprint density at radius 1 is 1.33 bits per heavy atom. The average Bonchev–Trinajstić information content (AvgIpc) is 2.32. The molecule has 0 aromatic rings. The average molecular weight is 271 g/mol. The molecular formula is C10H20F3N3O2. The van der Waals surface area contributed by atoms with E-state index in [0.717, 1.165) is 0 Å². The molecule has 0 amide bonds. The van der Waals surface area contributed by atoms with Crippen LogP contribution in [0, 0.1) is 5.92 Å². The fourth-order valence-corrected chi connectivity index (χ4v) is 1.41. The molecule has 8 heteroatoms. The van der Waals surface area contributed by atoms with Gasteiger partial charge in [0, 0.05) is 13.1 Å². The lowest BCUT2D eigenvalue weighted by atomic mass is 9.97. The number of nitrogens with zero attached hydrogens (tertiary/aromatic N) is 1. The molecular weight excluding hydrogens is 251 g/mol. The van der Waals surface area contributed by atoms with Gasteiger partial charge >= 0.3 is 6.18 Å². The number of amidine groups is 1. The molecule has 0 rings (SSSR count). The molecule has 0 aliphatic carbocycles. The van der Waals surface area contributed by atoms with Gasteiger partial charge in [-0.15, -0.1) is 0 Å². The summed E-state index contributed by atoms with van der Waals surface area (Å²) in [6, 6.07) is 0. The first-order valence-corrected chi connectivity index (χ1v) is 5.67. The minimum absolute atomic E-state index is 0.0191. The fraction of sp³-hybridized carbons (Fsp3) is 0.900. The highest BCUT2D eigenvalue weighted by atomic mass is 19.4. The first-order valence-electron chi connectivity index (χ1n) is 5.67. The van der Waals surface area contributed by atoms with Crippen molar-refractivity contribution in [3.05, 3.63) is 0 Å². The van der Waals surface area contributed by atoms with Gasteiger partial charge in [-0.2, -0.15) is 13.2 Å². The molecule has 0 aliphatic heterocycles. The highest BCUT2D eigenvalue weighted by molar-refractivity contribution is 5.83. The number of nitrogens with one attached hydrogen (secondary N) is 1. The van der Waals surface area contributed by atoms with Crippen molar-refractivity contribution < 1.29 is 23.5 Å². The lowest BCUT2D eigenvalue weighted by Gasteiger charge is -2.27. The molecule has 0 aromatic heterocycles. The van der Waals surface area contributed by atoms with Gasteiger partial charge in [0.15, 0.2) is 5.84 Å². The molecule has 0 spiro atoms. The first kappa shape index (κ1) is 17.0. The third-order valence-electron chi connectivity index (χ3n) is 2.99. The van der Waals surface area contributed by atoms with Crippen LogP contribution in [0.4, 0.5) is 13.2 Å². The number of rotatable bonds is 7. The van der Waals surface area contributed by atoms with Gasteiger partial charge in [0.05, 0.1) is 5.60 Å². The van der Waals surface area contributed by atoms with Crippen molar-refractivity contribution in [2.24, 2.45) is 16.8 Å². The first-order chi connectivity index (χ1) is 8.20. The lowest BCUT2D eigenvalue weighted by molar-refractivity contribution is -0.155. The Morgan fingerprint density at radius 2 is 1.83 bits per heavy atom. The van der Waals surface area contributed by atoms with Crippen molar-refractivity contribution in [1.29, 1.82) is 0 Å². The number of halogens is 3. The summed E-state index contributed by atoms with van der Waals surface area (Å²) in [5.41, 5.74) is 3.96. The van der Waals surface area contributed by atoms with E-state index in [1.54, 1.807) is 13.8 Å². The Balaban J connectivity index is 4.47. The van der Waals surface area contributed by atoms with Crippen LogP contribution in [0.2, 0.25) is 0 Å². The van der Waals surface area contributed by atoms with E-state index in [1.165, 1.54) is 0 Å². The van der Waals surface area contributed by atoms with E-state index in [9.17, 15) is 18.3 Å². The SMILES string of the molecule is CCC(O)(CC)CNCC(C(N)=NO)C(F)(F)F. The van der Waals surface area contributed by atoms with Gasteiger partial charge in [-0.1, -0.05) is 19.0 Å². The molecule has 5 nitrogen and oxygen atoms in total. The zero-order valence-corrected chi connectivity index (χ0v) is 10.5. The Morgan fingerprint density at radius 3 is 2.17 bits per heavy atom. The molecule has 0 aliphatic rings. The second kappa shape index (κ2) is 6.79. The third-order valence-corrected chi connectivity index (χ3v) is 2.99. The van der Waals surface area contributed by atoms with Crippen LogP contribution in [0.1, 0.15) is 26.7 Å². The van der Waals surface area contributed by atoms with Gasteiger partial charge in [-0.05, 0) is 12.8 Å². The van der Waals surface area contributed by atoms with E-state index in [2.05, 4.69) is 10.5 Å². The monoisotopic (exact) mass is 271 g/mol. The van der Waals surface area contributed by atoms with Gasteiger partial charge in [0.1, 0.15) is 5.92 Å². The molecule has 1 unspecified atom stereocenters. The number of nitrogens with two attached hydrogens (primary N) is 1. The Kier molecular flexibility index (Phi) is 6.41. The summed E-state index contributed by atoms with van der Waals surface area (Å²) in [5.74, 6) is -2.97. The van der Waals surface area contributed by atoms with Gasteiger partial charge in [0.25, 0.3) is 0 Å². The summed E-state index contributed by atoms with van der Waals surface area (Å²) in [6.07, 6.45) is -3.74. The Hall–Kier alpha value is -1.02. The number of hydrogen-bond acceptors (Lipinski definition) is 4. The van der Waals surface area contributed by atoms with Crippen molar-refractivity contribution in [1.82, 2.24) is 5.32 Å². The van der Waals surface area contributed by atoms with Crippen LogP contribution in [-0.2, 0) is 0 Å². The maximum absolute atomic E-state index is 12.6. The summed E-state index contributed by atoms with van der Waals surface area (Å²) in [6.45, 7) is 2.97. The minimum atomic E-state index is -4.60. The van der Waals surface area contributed by atoms with E-state index in [4.69, 9.17) is 10.9 Å². The number of oxime groups is 1. The summed E-state index contributed by atoms with van der Waals surface area (Å²) in [5, 5.41) is 23.1. The molecule has 0 radical (unpaired) electrons. The van der Waals surface area contributed by atoms with Crippen LogP contribution in [0.15, 0.2) is 5.16 Å². The van der Waals surface area contributed by atoms with Crippen LogP contribution in [0.3, 0.4) is 0 Å². The molecule has 1 atom stereocenters. The van der Waals surface area contributed by atoms with Crippen LogP contribution in [0.5, 0.6) is 0 Å². The smallest absolute Gasteiger partial charge is 0.400 e. The fourth-order valence-electron chi connectivity index (χ4n) is 1.41. The molecule has 0 bridgehead atoms. The van der Waals surface area contributed by atoms with Gasteiger partial charge in [-0.3, -0.25) is 0 Å². The quantitative estimate of drug-likeness (QED) is 0.241. The molecule has 0 saturated heterocycles. The Bertz CT molecular complexity index is 278. The largest absolute Gasteiger partial charge is 0.409 e. The molecule has 0 fully saturated rings. The minimum Gasteiger partial charge on any atom is -0.409 e. The van der Waals surface area contributed by atoms with Crippen molar-refractivity contribution in [2.75, 3.05) is 13.1 Å². The second-order valence-electron chi connectivity index (χ2n) is 4.18. The topological polar surface area (TPSA) is 90.9 Å². The zero-order chi connectivity index (χ0) is 14.4. The van der Waals surface area contributed by atoms with E-state index in [-0.39, 0.29) is 6.54 Å². The van der Waals surface area contributed by atoms with E-state index < -0.39 is 30.1 Å². The van der Waals surface area contributed by atoms with Crippen molar-refractivity contribution in [2.45, 2.75) is 38.5 Å². The molecule has 108 valence electrons. The van der Waals surface area contributed by atoms with Crippen molar-refractivity contribution in [3.8, 4) is 0 Å². The van der Waals surface area contributed by atoms with Gasteiger partial charge < -0.3 is 21.4 Å². The zero-order valence-electron chi connectivity index (χ0n) is 10.5. The summed E-state index contributed by atoms with van der Waals surface area (Å²) < 4.78 is 37.7. The standard InChI is InChI=1S/C10H20F3N3O2/c1-3-9(17,4-2)6-15-5-7(8(14)16-18)10(11,12)13/h7,15,17-18H,3-6H2,1-2H3,(H2,14,16). The Labute approximate surface area is 104 Å². The second-order valence-corrected chi connectivity index (χ2v) is 4.18. The maximum atomic E-state index is 12.6. The highest BCUT2D eigenvalue weighted by Gasteiger charge is 2.42. The highest BCUT2D eigenvalue weighted by Crippen LogP contribution is 2.26. The van der Waals surface area contributed by atoms with Gasteiger partial charge in [-0.25, -0.2) is 0 Å². The maximum Gasteiger partial charge on any atom is 0.400 e. The molecule has 0 saturated carbocycles. The summed E-state index contributed by atoms with van der Waals surface area (Å²) >= 11 is 0. The lowest BCUT2D eigenvalue weighted by Crippen LogP contribution is -2.47. The molecule has 0 aromatic carbocycles. The van der Waals surface area contributed by atoms with Crippen LogP contribution in [0.25, 0.3) is 0 Å². The van der Waals surface area contributed by atoms with Gasteiger partial charge in [0.2, 0.25) is 0 Å². The predicted molar refractivity (Wildman–Crippen MR) is 61.4 cm³/mol. The normalized spacial score (nSPS) is 15.8. The summed E-state index contributed by atoms with van der Waals surface area (Å²) in [4.78, 5) is 0. The summed E-state index contributed by atoms with van der Waals surface area (Å²) in [7, 11) is 0. The van der Waals surface area contributed by atoms with E-state index in [1.807, 2.05) is 0 Å². The van der Waals surface area contributed by atoms with E-state index >= 15 is 0 Å². The molecule has 18 heavy (non-hydrogen) atoms. The van der Waals surface area contributed by atoms with Crippen LogP contribution < -0.4 is 11.1 Å². The van der Waals surface area contributed by atoms with Crippen molar-refractivity contribution >= 4 is 5.84 Å². The molecule has 0 heterocycles. The number of aliphatic hydroxyl groups is 1. The third kappa shape index (κ3) is 5.09. The number of hydrogen-bond donors (Lipinski definition) is 4. The van der Waals surface area contributed by atoms with E-state index in [0.29, 0.717) is 12.8 Å².